The predicted molar refractivity (Wildman–Crippen MR) is 239 cm³/mol. The monoisotopic (exact) mass is 727 g/mol. The van der Waals surface area contributed by atoms with Gasteiger partial charge in [-0.2, -0.15) is 0 Å². The zero-order valence-corrected chi connectivity index (χ0v) is 30.8. The van der Waals surface area contributed by atoms with Gasteiger partial charge >= 0.3 is 0 Å². The standard InChI is InChI=1S/C54H33NO2/c1-2-14-35(15-3-1)40-31-32-49-51(50-45-20-8-6-17-42(45)43-18-7-9-21-46(43)54(50)57-49)52(40)55(39-30-25-34-13-4-5-16-37(34)33-39)38-28-26-36(27-29-38)41-22-12-23-47-44-19-10-11-24-48(44)56-53(41)47/h1-33H. The summed E-state index contributed by atoms with van der Waals surface area (Å²) in [6, 6.07) is 71.5. The topological polar surface area (TPSA) is 29.5 Å². The van der Waals surface area contributed by atoms with Crippen molar-refractivity contribution in [3.8, 4) is 22.3 Å². The van der Waals surface area contributed by atoms with Gasteiger partial charge in [0, 0.05) is 44.0 Å². The number of benzene rings is 10. The molecule has 0 aliphatic heterocycles. The van der Waals surface area contributed by atoms with Crippen molar-refractivity contribution in [2.45, 2.75) is 0 Å². The first-order chi connectivity index (χ1) is 28.3. The minimum absolute atomic E-state index is 0.847. The van der Waals surface area contributed by atoms with Gasteiger partial charge in [-0.05, 0) is 80.5 Å². The summed E-state index contributed by atoms with van der Waals surface area (Å²) in [4.78, 5) is 2.43. The highest BCUT2D eigenvalue weighted by atomic mass is 16.3. The lowest BCUT2D eigenvalue weighted by molar-refractivity contribution is 0.670. The van der Waals surface area contributed by atoms with Crippen molar-refractivity contribution in [3.05, 3.63) is 200 Å². The van der Waals surface area contributed by atoms with Crippen LogP contribution in [-0.2, 0) is 0 Å². The van der Waals surface area contributed by atoms with Crippen LogP contribution in [0.4, 0.5) is 17.1 Å². The molecular formula is C54H33NO2. The van der Waals surface area contributed by atoms with E-state index in [0.29, 0.717) is 0 Å². The Kier molecular flexibility index (Phi) is 6.93. The highest BCUT2D eigenvalue weighted by molar-refractivity contribution is 6.33. The maximum atomic E-state index is 7.00. The number of para-hydroxylation sites is 2. The molecule has 0 spiro atoms. The van der Waals surface area contributed by atoms with E-state index in [9.17, 15) is 0 Å². The molecule has 0 N–H and O–H groups in total. The van der Waals surface area contributed by atoms with Crippen molar-refractivity contribution in [1.29, 1.82) is 0 Å². The van der Waals surface area contributed by atoms with Crippen molar-refractivity contribution < 1.29 is 8.83 Å². The zero-order chi connectivity index (χ0) is 37.5. The summed E-state index contributed by atoms with van der Waals surface area (Å²) in [7, 11) is 0. The lowest BCUT2D eigenvalue weighted by Gasteiger charge is -2.29. The maximum Gasteiger partial charge on any atom is 0.143 e. The van der Waals surface area contributed by atoms with E-state index in [4.69, 9.17) is 8.83 Å². The molecule has 0 radical (unpaired) electrons. The third-order valence-corrected chi connectivity index (χ3v) is 11.6. The first kappa shape index (κ1) is 31.7. The van der Waals surface area contributed by atoms with Gasteiger partial charge in [-0.15, -0.1) is 0 Å². The molecule has 0 amide bonds. The molecule has 57 heavy (non-hydrogen) atoms. The van der Waals surface area contributed by atoms with Gasteiger partial charge in [-0.25, -0.2) is 0 Å². The molecular weight excluding hydrogens is 695 g/mol. The Balaban J connectivity index is 1.18. The number of hydrogen-bond acceptors (Lipinski definition) is 3. The molecule has 0 atom stereocenters. The molecule has 0 saturated heterocycles. The van der Waals surface area contributed by atoms with Crippen molar-refractivity contribution in [1.82, 2.24) is 0 Å². The molecule has 12 aromatic rings. The molecule has 0 bridgehead atoms. The van der Waals surface area contributed by atoms with E-state index in [1.807, 2.05) is 12.1 Å². The van der Waals surface area contributed by atoms with Gasteiger partial charge in [0.15, 0.2) is 0 Å². The Morgan fingerprint density at radius 1 is 0.316 bits per heavy atom. The van der Waals surface area contributed by atoms with Gasteiger partial charge < -0.3 is 13.7 Å². The molecule has 0 aliphatic rings. The minimum atomic E-state index is 0.847. The summed E-state index contributed by atoms with van der Waals surface area (Å²) in [5.74, 6) is 0. The summed E-state index contributed by atoms with van der Waals surface area (Å²) in [6.07, 6.45) is 0. The van der Waals surface area contributed by atoms with Crippen molar-refractivity contribution in [2.75, 3.05) is 4.90 Å². The summed E-state index contributed by atoms with van der Waals surface area (Å²) < 4.78 is 13.5. The average molecular weight is 728 g/mol. The van der Waals surface area contributed by atoms with E-state index in [-0.39, 0.29) is 0 Å². The molecule has 2 aromatic heterocycles. The summed E-state index contributed by atoms with van der Waals surface area (Å²) >= 11 is 0. The van der Waals surface area contributed by atoms with E-state index in [2.05, 4.69) is 193 Å². The van der Waals surface area contributed by atoms with Crippen LogP contribution in [0.15, 0.2) is 209 Å². The summed E-state index contributed by atoms with van der Waals surface area (Å²) in [6.45, 7) is 0. The molecule has 0 unspecified atom stereocenters. The second-order valence-electron chi connectivity index (χ2n) is 14.8. The zero-order valence-electron chi connectivity index (χ0n) is 30.8. The van der Waals surface area contributed by atoms with Gasteiger partial charge in [0.25, 0.3) is 0 Å². The Morgan fingerprint density at radius 3 is 1.74 bits per heavy atom. The smallest absolute Gasteiger partial charge is 0.143 e. The van der Waals surface area contributed by atoms with E-state index >= 15 is 0 Å². The maximum absolute atomic E-state index is 7.00. The Labute approximate surface area is 328 Å². The fourth-order valence-corrected chi connectivity index (χ4v) is 9.04. The molecule has 12 rings (SSSR count). The molecule has 0 fully saturated rings. The summed E-state index contributed by atoms with van der Waals surface area (Å²) in [5.41, 5.74) is 11.1. The molecule has 0 saturated carbocycles. The van der Waals surface area contributed by atoms with Crippen LogP contribution in [-0.4, -0.2) is 0 Å². The van der Waals surface area contributed by atoms with E-state index in [1.165, 1.54) is 26.9 Å². The fraction of sp³-hybridized carbons (Fsp3) is 0. The van der Waals surface area contributed by atoms with Crippen LogP contribution in [0.3, 0.4) is 0 Å². The average Bonchev–Trinajstić information content (AvgIpc) is 3.87. The van der Waals surface area contributed by atoms with Crippen LogP contribution in [0.2, 0.25) is 0 Å². The third kappa shape index (κ3) is 4.86. The Bertz CT molecular complexity index is 3520. The van der Waals surface area contributed by atoms with Gasteiger partial charge in [0.2, 0.25) is 0 Å². The Hall–Kier alpha value is -7.62. The van der Waals surface area contributed by atoms with Crippen LogP contribution in [0.1, 0.15) is 0 Å². The number of hydrogen-bond donors (Lipinski definition) is 0. The number of anilines is 3. The highest BCUT2D eigenvalue weighted by Gasteiger charge is 2.26. The van der Waals surface area contributed by atoms with Crippen molar-refractivity contribution >= 4 is 93.3 Å². The van der Waals surface area contributed by atoms with Crippen LogP contribution in [0.25, 0.3) is 98.4 Å². The number of nitrogens with zero attached hydrogens (tertiary/aromatic N) is 1. The molecule has 3 nitrogen and oxygen atoms in total. The van der Waals surface area contributed by atoms with Gasteiger partial charge in [0.1, 0.15) is 22.3 Å². The van der Waals surface area contributed by atoms with Crippen LogP contribution >= 0.6 is 0 Å². The molecule has 2 heterocycles. The lowest BCUT2D eigenvalue weighted by atomic mass is 9.93. The number of fused-ring (bicyclic) bond motifs is 12. The third-order valence-electron chi connectivity index (χ3n) is 11.6. The van der Waals surface area contributed by atoms with Gasteiger partial charge in [-0.3, -0.25) is 0 Å². The first-order valence-electron chi connectivity index (χ1n) is 19.4. The van der Waals surface area contributed by atoms with E-state index in [1.54, 1.807) is 0 Å². The van der Waals surface area contributed by atoms with Gasteiger partial charge in [0.05, 0.1) is 11.1 Å². The fourth-order valence-electron chi connectivity index (χ4n) is 9.04. The normalized spacial score (nSPS) is 11.9. The Morgan fingerprint density at radius 2 is 0.912 bits per heavy atom. The number of furan rings is 2. The van der Waals surface area contributed by atoms with E-state index < -0.39 is 0 Å². The van der Waals surface area contributed by atoms with Crippen LogP contribution in [0, 0.1) is 0 Å². The lowest BCUT2D eigenvalue weighted by Crippen LogP contribution is -2.12. The molecule has 3 heteroatoms. The quantitative estimate of drug-likeness (QED) is 0.165. The minimum Gasteiger partial charge on any atom is -0.455 e. The molecule has 0 aliphatic carbocycles. The van der Waals surface area contributed by atoms with Crippen LogP contribution < -0.4 is 4.90 Å². The molecule has 10 aromatic carbocycles. The van der Waals surface area contributed by atoms with E-state index in [0.717, 1.165) is 88.6 Å². The van der Waals surface area contributed by atoms with Crippen LogP contribution in [0.5, 0.6) is 0 Å². The van der Waals surface area contributed by atoms with Crippen molar-refractivity contribution in [3.63, 3.8) is 0 Å². The predicted octanol–water partition coefficient (Wildman–Crippen LogP) is 15.7. The van der Waals surface area contributed by atoms with Gasteiger partial charge in [-0.1, -0.05) is 158 Å². The first-order valence-corrected chi connectivity index (χ1v) is 19.4. The second-order valence-corrected chi connectivity index (χ2v) is 14.8. The second kappa shape index (κ2) is 12.5. The largest absolute Gasteiger partial charge is 0.455 e. The molecule has 266 valence electrons. The SMILES string of the molecule is c1ccc(-c2ccc3oc4c5ccccc5c5ccccc5c4c3c2N(c2ccc(-c3cccc4c3oc3ccccc34)cc2)c2ccc3ccccc3c2)cc1. The number of rotatable bonds is 5. The summed E-state index contributed by atoms with van der Waals surface area (Å²) in [5, 5.41) is 11.5. The van der Waals surface area contributed by atoms with Crippen molar-refractivity contribution in [2.24, 2.45) is 0 Å². The highest BCUT2D eigenvalue weighted by Crippen LogP contribution is 2.51.